The molecule has 6 heteroatoms. The van der Waals surface area contributed by atoms with E-state index >= 15 is 0 Å². The molecule has 0 aromatic heterocycles. The molecule has 0 aliphatic heterocycles. The summed E-state index contributed by atoms with van der Waals surface area (Å²) < 4.78 is 5.55. The van der Waals surface area contributed by atoms with E-state index in [4.69, 9.17) is 14.6 Å². The van der Waals surface area contributed by atoms with Crippen LogP contribution in [0.1, 0.15) is 226 Å². The topological polar surface area (TPSA) is 87.1 Å². The lowest BCUT2D eigenvalue weighted by Crippen LogP contribution is -2.29. The summed E-state index contributed by atoms with van der Waals surface area (Å²) in [6, 6.07) is 0. The van der Waals surface area contributed by atoms with Crippen molar-refractivity contribution in [3.8, 4) is 0 Å². The first-order chi connectivity index (χ1) is 25.0. The fourth-order valence-corrected chi connectivity index (χ4v) is 8.11. The van der Waals surface area contributed by atoms with Crippen LogP contribution in [0.5, 0.6) is 0 Å². The molecule has 0 atom stereocenters. The van der Waals surface area contributed by atoms with Crippen LogP contribution in [-0.4, -0.2) is 60.4 Å². The molecular weight excluding hydrogens is 634 g/mol. The summed E-state index contributed by atoms with van der Waals surface area (Å²) in [6.07, 6.45) is 42.4. The van der Waals surface area contributed by atoms with Crippen LogP contribution in [0.25, 0.3) is 0 Å². The molecule has 0 saturated heterocycles. The van der Waals surface area contributed by atoms with Gasteiger partial charge in [0, 0.05) is 13.0 Å². The lowest BCUT2D eigenvalue weighted by Gasteiger charge is -2.27. The predicted octanol–water partition coefficient (Wildman–Crippen LogP) is 12.9. The van der Waals surface area contributed by atoms with Crippen LogP contribution in [0, 0.1) is 17.8 Å². The second kappa shape index (κ2) is 40.1. The van der Waals surface area contributed by atoms with Crippen molar-refractivity contribution in [3.63, 3.8) is 0 Å². The van der Waals surface area contributed by atoms with E-state index in [1.165, 1.54) is 180 Å². The molecule has 0 aromatic carbocycles. The fraction of sp³-hybridized carbons (Fsp3) is 0.956. The first kappa shape index (κ1) is 49.9. The number of carbonyl (C=O) groups excluding carboxylic acids is 1. The molecule has 0 unspecified atom stereocenters. The van der Waals surface area contributed by atoms with Gasteiger partial charge in [0.15, 0.2) is 0 Å². The second-order valence-electron chi connectivity index (χ2n) is 16.0. The van der Waals surface area contributed by atoms with Gasteiger partial charge < -0.3 is 19.8 Å². The summed E-state index contributed by atoms with van der Waals surface area (Å²) in [5.74, 6) is 2.69. The minimum Gasteiger partial charge on any atom is -0.483 e. The van der Waals surface area contributed by atoms with Crippen LogP contribution < -0.4 is 0 Å². The number of carboxylic acid groups (broad SMARTS) is 1. The van der Waals surface area contributed by atoms with Gasteiger partial charge in [0.1, 0.15) is 0 Å². The highest BCUT2D eigenvalue weighted by Gasteiger charge is 2.20. The number of nitrogens with zero attached hydrogens (tertiary/aromatic N) is 1. The average molecular weight is 724 g/mol. The average Bonchev–Trinajstić information content (AvgIpc) is 3.13. The zero-order valence-corrected chi connectivity index (χ0v) is 34.5. The summed E-state index contributed by atoms with van der Waals surface area (Å²) in [7, 11) is 0. The minimum absolute atomic E-state index is 0.00696. The van der Waals surface area contributed by atoms with Crippen molar-refractivity contribution in [2.24, 2.45) is 17.8 Å². The van der Waals surface area contributed by atoms with E-state index in [1.807, 2.05) is 0 Å². The molecular formula is C45H89NO5. The molecule has 1 saturated carbocycles. The molecule has 0 bridgehead atoms. The first-order valence-corrected chi connectivity index (χ1v) is 22.6. The van der Waals surface area contributed by atoms with Gasteiger partial charge in [-0.2, -0.15) is 0 Å². The van der Waals surface area contributed by atoms with E-state index in [0.29, 0.717) is 13.0 Å². The van der Waals surface area contributed by atoms with Gasteiger partial charge in [0.25, 0.3) is 6.47 Å². The number of esters is 1. The zero-order chi connectivity index (χ0) is 37.5. The number of rotatable bonds is 36. The van der Waals surface area contributed by atoms with Crippen molar-refractivity contribution in [1.82, 2.24) is 4.90 Å². The van der Waals surface area contributed by atoms with Gasteiger partial charge in [-0.15, -0.1) is 0 Å². The highest BCUT2D eigenvalue weighted by atomic mass is 16.5. The molecule has 1 fully saturated rings. The Morgan fingerprint density at radius 3 is 1.49 bits per heavy atom. The third-order valence-electron chi connectivity index (χ3n) is 11.6. The van der Waals surface area contributed by atoms with E-state index in [1.54, 1.807) is 0 Å². The number of aliphatic hydroxyl groups excluding tert-OH is 1. The Balaban J connectivity index is 0.00000802. The van der Waals surface area contributed by atoms with Crippen molar-refractivity contribution in [2.75, 3.05) is 32.8 Å². The zero-order valence-electron chi connectivity index (χ0n) is 34.5. The minimum atomic E-state index is -0.250. The number of hydrogen-bond donors (Lipinski definition) is 2. The molecule has 304 valence electrons. The molecule has 2 N–H and O–H groups in total. The number of ether oxygens (including phenoxy) is 1. The van der Waals surface area contributed by atoms with Crippen molar-refractivity contribution in [1.29, 1.82) is 0 Å². The highest BCUT2D eigenvalue weighted by molar-refractivity contribution is 5.69. The Kier molecular flexibility index (Phi) is 39.2. The van der Waals surface area contributed by atoms with Crippen molar-refractivity contribution < 1.29 is 24.5 Å². The normalized spacial score (nSPS) is 16.0. The van der Waals surface area contributed by atoms with Crippen molar-refractivity contribution in [3.05, 3.63) is 0 Å². The lowest BCUT2D eigenvalue weighted by molar-refractivity contribution is -0.144. The van der Waals surface area contributed by atoms with Crippen LogP contribution in [0.3, 0.4) is 0 Å². The SMILES string of the molecule is CCCCCCCCC(CCCCCCCC)CCCCCCCN(CCO)CCCCCCCC(=O)OCCC1CCC(CC)CC1.O=CO. The molecule has 0 radical (unpaired) electrons. The maximum Gasteiger partial charge on any atom is 0.305 e. The van der Waals surface area contributed by atoms with Crippen molar-refractivity contribution >= 4 is 12.4 Å². The number of carbonyl (C=O) groups is 2. The Morgan fingerprint density at radius 1 is 0.627 bits per heavy atom. The van der Waals surface area contributed by atoms with Crippen molar-refractivity contribution in [2.45, 2.75) is 226 Å². The third-order valence-corrected chi connectivity index (χ3v) is 11.6. The van der Waals surface area contributed by atoms with Crippen LogP contribution in [0.15, 0.2) is 0 Å². The summed E-state index contributed by atoms with van der Waals surface area (Å²) >= 11 is 0. The Hall–Kier alpha value is -1.14. The third kappa shape index (κ3) is 34.4. The van der Waals surface area contributed by atoms with Gasteiger partial charge in [-0.3, -0.25) is 9.59 Å². The van der Waals surface area contributed by atoms with Gasteiger partial charge in [0.05, 0.1) is 13.2 Å². The Bertz CT molecular complexity index is 695. The number of aliphatic hydroxyl groups is 1. The molecule has 0 heterocycles. The Morgan fingerprint density at radius 2 is 1.04 bits per heavy atom. The molecule has 1 aliphatic carbocycles. The second-order valence-corrected chi connectivity index (χ2v) is 16.0. The largest absolute Gasteiger partial charge is 0.483 e. The van der Waals surface area contributed by atoms with E-state index in [2.05, 4.69) is 25.7 Å². The first-order valence-electron chi connectivity index (χ1n) is 22.6. The summed E-state index contributed by atoms with van der Waals surface area (Å²) in [5.41, 5.74) is 0. The maximum absolute atomic E-state index is 12.1. The van der Waals surface area contributed by atoms with Crippen LogP contribution in [0.4, 0.5) is 0 Å². The van der Waals surface area contributed by atoms with Gasteiger partial charge in [-0.1, -0.05) is 194 Å². The number of unbranched alkanes of at least 4 members (excludes halogenated alkanes) is 18. The smallest absolute Gasteiger partial charge is 0.305 e. The van der Waals surface area contributed by atoms with E-state index in [-0.39, 0.29) is 19.0 Å². The quantitative estimate of drug-likeness (QED) is 0.0380. The molecule has 51 heavy (non-hydrogen) atoms. The molecule has 0 spiro atoms. The molecule has 6 nitrogen and oxygen atoms in total. The summed E-state index contributed by atoms with van der Waals surface area (Å²) in [4.78, 5) is 23.0. The summed E-state index contributed by atoms with van der Waals surface area (Å²) in [6.45, 7) is 10.6. The van der Waals surface area contributed by atoms with Gasteiger partial charge >= 0.3 is 5.97 Å². The van der Waals surface area contributed by atoms with Crippen LogP contribution >= 0.6 is 0 Å². The molecule has 1 aliphatic rings. The molecule has 0 amide bonds. The van der Waals surface area contributed by atoms with Crippen LogP contribution in [-0.2, 0) is 14.3 Å². The van der Waals surface area contributed by atoms with E-state index < -0.39 is 0 Å². The van der Waals surface area contributed by atoms with Gasteiger partial charge in [-0.25, -0.2) is 0 Å². The fourth-order valence-electron chi connectivity index (χ4n) is 8.11. The maximum atomic E-state index is 12.1. The Labute approximate surface area is 318 Å². The monoisotopic (exact) mass is 724 g/mol. The van der Waals surface area contributed by atoms with Gasteiger partial charge in [0.2, 0.25) is 0 Å². The summed E-state index contributed by atoms with van der Waals surface area (Å²) in [5, 5.41) is 16.5. The van der Waals surface area contributed by atoms with Gasteiger partial charge in [-0.05, 0) is 56.5 Å². The van der Waals surface area contributed by atoms with Crippen LogP contribution in [0.2, 0.25) is 0 Å². The van der Waals surface area contributed by atoms with E-state index in [0.717, 1.165) is 56.7 Å². The lowest BCUT2D eigenvalue weighted by atomic mass is 9.80. The molecule has 0 aromatic rings. The molecule has 1 rings (SSSR count). The highest BCUT2D eigenvalue weighted by Crippen LogP contribution is 2.32. The predicted molar refractivity (Wildman–Crippen MR) is 218 cm³/mol. The van der Waals surface area contributed by atoms with E-state index in [9.17, 15) is 9.90 Å². The number of hydrogen-bond acceptors (Lipinski definition) is 5. The standard InChI is InChI=1S/C44H87NO3.CH2O2/c1-4-7-9-11-15-21-27-42(28-22-16-12-10-8-5-2)29-23-17-13-19-25-36-45(38-39-46)37-26-20-14-18-24-30-44(47)48-40-35-43-33-31-41(6-3)32-34-43;2-1-3/h41-43,46H,4-40H2,1-3H3;1H,(H,2,3).